The summed E-state index contributed by atoms with van der Waals surface area (Å²) in [5.74, 6) is 0.638. The van der Waals surface area contributed by atoms with Crippen molar-refractivity contribution < 1.29 is 0 Å². The molecule has 0 bridgehead atoms. The number of nitrogens with zero attached hydrogens (tertiary/aromatic N) is 3. The monoisotopic (exact) mass is 200 g/mol. The first-order valence-electron chi connectivity index (χ1n) is 5.12. The van der Waals surface area contributed by atoms with Gasteiger partial charge < -0.3 is 15.5 Å². The van der Waals surface area contributed by atoms with Crippen LogP contribution < -0.4 is 5.73 Å². The molecule has 14 heavy (non-hydrogen) atoms. The maximum absolute atomic E-state index is 5.80. The minimum Gasteiger partial charge on any atom is -0.370 e. The maximum atomic E-state index is 5.80. The van der Waals surface area contributed by atoms with Gasteiger partial charge in [-0.05, 0) is 40.9 Å². The van der Waals surface area contributed by atoms with E-state index in [1.54, 1.807) is 0 Å². The fourth-order valence-corrected chi connectivity index (χ4v) is 1.10. The molecule has 0 aromatic carbocycles. The van der Waals surface area contributed by atoms with Gasteiger partial charge in [0.25, 0.3) is 0 Å². The van der Waals surface area contributed by atoms with Gasteiger partial charge in [0.15, 0.2) is 5.96 Å². The summed E-state index contributed by atoms with van der Waals surface area (Å²) in [7, 11) is 6.13. The van der Waals surface area contributed by atoms with E-state index in [4.69, 9.17) is 5.73 Å². The summed E-state index contributed by atoms with van der Waals surface area (Å²) >= 11 is 0. The Bertz CT molecular complexity index is 175. The number of rotatable bonds is 5. The fraction of sp³-hybridized carbons (Fsp3) is 0.900. The highest BCUT2D eigenvalue weighted by molar-refractivity contribution is 5.77. The van der Waals surface area contributed by atoms with E-state index in [9.17, 15) is 0 Å². The van der Waals surface area contributed by atoms with Crippen molar-refractivity contribution in [3.8, 4) is 0 Å². The summed E-state index contributed by atoms with van der Waals surface area (Å²) in [4.78, 5) is 8.46. The molecular weight excluding hydrogens is 176 g/mol. The van der Waals surface area contributed by atoms with Crippen LogP contribution in [0.25, 0.3) is 0 Å². The molecule has 0 saturated carbocycles. The van der Waals surface area contributed by atoms with Gasteiger partial charge in [-0.2, -0.15) is 0 Å². The Hall–Kier alpha value is -0.770. The lowest BCUT2D eigenvalue weighted by atomic mass is 10.4. The molecule has 0 saturated heterocycles. The molecule has 0 heterocycles. The van der Waals surface area contributed by atoms with Gasteiger partial charge in [0, 0.05) is 19.6 Å². The second-order valence-corrected chi connectivity index (χ2v) is 4.16. The van der Waals surface area contributed by atoms with Crippen LogP contribution in [0.15, 0.2) is 4.99 Å². The standard InChI is InChI=1S/C10H24N4/c1-9(2)12-10(11)14(5)8-6-7-13(3)4/h9H,6-8H2,1-5H3,(H2,11,12). The van der Waals surface area contributed by atoms with Crippen molar-refractivity contribution in [2.24, 2.45) is 10.7 Å². The minimum absolute atomic E-state index is 0.270. The molecule has 0 fully saturated rings. The van der Waals surface area contributed by atoms with Crippen LogP contribution >= 0.6 is 0 Å². The van der Waals surface area contributed by atoms with Crippen molar-refractivity contribution >= 4 is 5.96 Å². The van der Waals surface area contributed by atoms with Gasteiger partial charge in [0.2, 0.25) is 0 Å². The third-order valence-corrected chi connectivity index (χ3v) is 1.88. The fourth-order valence-electron chi connectivity index (χ4n) is 1.10. The van der Waals surface area contributed by atoms with E-state index in [2.05, 4.69) is 24.0 Å². The predicted molar refractivity (Wildman–Crippen MR) is 62.6 cm³/mol. The molecule has 0 atom stereocenters. The SMILES string of the molecule is CC(C)N=C(N)N(C)CCCN(C)C. The normalized spacial score (nSPS) is 12.6. The highest BCUT2D eigenvalue weighted by Gasteiger charge is 2.02. The number of hydrogen-bond acceptors (Lipinski definition) is 2. The smallest absolute Gasteiger partial charge is 0.191 e. The highest BCUT2D eigenvalue weighted by Crippen LogP contribution is 1.92. The quantitative estimate of drug-likeness (QED) is 0.522. The molecule has 0 aliphatic heterocycles. The number of hydrogen-bond donors (Lipinski definition) is 1. The van der Waals surface area contributed by atoms with Crippen molar-refractivity contribution in [3.05, 3.63) is 0 Å². The molecule has 0 aliphatic carbocycles. The first-order chi connectivity index (χ1) is 6.43. The van der Waals surface area contributed by atoms with Crippen LogP contribution in [0.1, 0.15) is 20.3 Å². The number of guanidine groups is 1. The van der Waals surface area contributed by atoms with E-state index < -0.39 is 0 Å². The van der Waals surface area contributed by atoms with E-state index in [1.165, 1.54) is 0 Å². The highest BCUT2D eigenvalue weighted by atomic mass is 15.2. The average Bonchev–Trinajstić information content (AvgIpc) is 2.01. The second-order valence-electron chi connectivity index (χ2n) is 4.16. The topological polar surface area (TPSA) is 44.9 Å². The van der Waals surface area contributed by atoms with Gasteiger partial charge in [0.1, 0.15) is 0 Å². The molecule has 84 valence electrons. The Kier molecular flexibility index (Phi) is 6.28. The van der Waals surface area contributed by atoms with E-state index in [0.717, 1.165) is 19.5 Å². The van der Waals surface area contributed by atoms with Crippen LogP contribution in [0.4, 0.5) is 0 Å². The predicted octanol–water partition coefficient (Wildman–Crippen LogP) is 0.593. The molecule has 2 N–H and O–H groups in total. The van der Waals surface area contributed by atoms with E-state index in [1.807, 2.05) is 25.8 Å². The zero-order valence-electron chi connectivity index (χ0n) is 10.1. The van der Waals surface area contributed by atoms with Crippen LogP contribution in [0.5, 0.6) is 0 Å². The van der Waals surface area contributed by atoms with Crippen LogP contribution in [-0.2, 0) is 0 Å². The Morgan fingerprint density at radius 1 is 1.21 bits per heavy atom. The lowest BCUT2D eigenvalue weighted by molar-refractivity contribution is 0.368. The van der Waals surface area contributed by atoms with Crippen molar-refractivity contribution in [2.45, 2.75) is 26.3 Å². The lowest BCUT2D eigenvalue weighted by Crippen LogP contribution is -2.36. The summed E-state index contributed by atoms with van der Waals surface area (Å²) in [6, 6.07) is 0.270. The second kappa shape index (κ2) is 6.65. The van der Waals surface area contributed by atoms with E-state index in [0.29, 0.717) is 5.96 Å². The first-order valence-corrected chi connectivity index (χ1v) is 5.12. The molecule has 0 radical (unpaired) electrons. The summed E-state index contributed by atoms with van der Waals surface area (Å²) in [5, 5.41) is 0. The first kappa shape index (κ1) is 13.2. The van der Waals surface area contributed by atoms with Gasteiger partial charge in [0.05, 0.1) is 0 Å². The van der Waals surface area contributed by atoms with Crippen molar-refractivity contribution in [1.29, 1.82) is 0 Å². The number of nitrogens with two attached hydrogens (primary N) is 1. The third kappa shape index (κ3) is 6.71. The Labute approximate surface area is 87.8 Å². The Morgan fingerprint density at radius 2 is 1.79 bits per heavy atom. The molecule has 4 nitrogen and oxygen atoms in total. The molecule has 0 unspecified atom stereocenters. The largest absolute Gasteiger partial charge is 0.370 e. The van der Waals surface area contributed by atoms with Gasteiger partial charge in [-0.1, -0.05) is 0 Å². The summed E-state index contributed by atoms with van der Waals surface area (Å²) in [6.45, 7) is 6.10. The lowest BCUT2D eigenvalue weighted by Gasteiger charge is -2.19. The third-order valence-electron chi connectivity index (χ3n) is 1.88. The van der Waals surface area contributed by atoms with Gasteiger partial charge in [-0.25, -0.2) is 0 Å². The maximum Gasteiger partial charge on any atom is 0.191 e. The van der Waals surface area contributed by atoms with Crippen molar-refractivity contribution in [1.82, 2.24) is 9.80 Å². The zero-order valence-corrected chi connectivity index (χ0v) is 10.1. The summed E-state index contributed by atoms with van der Waals surface area (Å²) in [6.07, 6.45) is 1.11. The zero-order chi connectivity index (χ0) is 11.1. The van der Waals surface area contributed by atoms with Crippen LogP contribution in [-0.4, -0.2) is 56.0 Å². The minimum atomic E-state index is 0.270. The van der Waals surface area contributed by atoms with Crippen LogP contribution in [0.2, 0.25) is 0 Å². The molecule has 0 aromatic rings. The molecule has 0 spiro atoms. The molecule has 0 rings (SSSR count). The Balaban J connectivity index is 3.78. The Morgan fingerprint density at radius 3 is 2.21 bits per heavy atom. The summed E-state index contributed by atoms with van der Waals surface area (Å²) in [5.41, 5.74) is 5.80. The molecule has 0 aromatic heterocycles. The van der Waals surface area contributed by atoms with Gasteiger partial charge in [-0.3, -0.25) is 4.99 Å². The van der Waals surface area contributed by atoms with E-state index >= 15 is 0 Å². The van der Waals surface area contributed by atoms with Crippen LogP contribution in [0.3, 0.4) is 0 Å². The van der Waals surface area contributed by atoms with Crippen LogP contribution in [0, 0.1) is 0 Å². The average molecular weight is 200 g/mol. The van der Waals surface area contributed by atoms with Crippen molar-refractivity contribution in [2.75, 3.05) is 34.2 Å². The summed E-state index contributed by atoms with van der Waals surface area (Å²) < 4.78 is 0. The van der Waals surface area contributed by atoms with Gasteiger partial charge >= 0.3 is 0 Å². The molecule has 0 amide bonds. The molecule has 4 heteroatoms. The van der Waals surface area contributed by atoms with E-state index in [-0.39, 0.29) is 6.04 Å². The molecule has 0 aliphatic rings. The van der Waals surface area contributed by atoms with Gasteiger partial charge in [-0.15, -0.1) is 0 Å². The number of aliphatic imine (C=N–C) groups is 1. The van der Waals surface area contributed by atoms with Crippen molar-refractivity contribution in [3.63, 3.8) is 0 Å². The molecular formula is C10H24N4.